The lowest BCUT2D eigenvalue weighted by Crippen LogP contribution is -2.17. The Morgan fingerprint density at radius 3 is 2.12 bits per heavy atom. The van der Waals surface area contributed by atoms with Crippen molar-refractivity contribution in [1.29, 1.82) is 0 Å². The zero-order valence-electron chi connectivity index (χ0n) is 11.5. The summed E-state index contributed by atoms with van der Waals surface area (Å²) in [6.45, 7) is 0. The standard InChI is InChI=1S/C15H7ClF6O2/c16-13(23)10-4-9(5-11(6-10)14(17,18)19)8-2-1-3-12(7-8)24-15(20,21)22/h1-7H. The number of carbonyl (C=O) groups is 1. The molecule has 2 aromatic rings. The molecule has 9 heteroatoms. The van der Waals surface area contributed by atoms with E-state index in [4.69, 9.17) is 11.6 Å². The van der Waals surface area contributed by atoms with E-state index in [-0.39, 0.29) is 11.1 Å². The van der Waals surface area contributed by atoms with Crippen molar-refractivity contribution in [2.45, 2.75) is 12.5 Å². The Bertz CT molecular complexity index is 767. The number of hydrogen-bond donors (Lipinski definition) is 0. The zero-order valence-corrected chi connectivity index (χ0v) is 12.3. The first-order valence-corrected chi connectivity index (χ1v) is 6.62. The molecule has 0 atom stereocenters. The molecule has 2 aromatic carbocycles. The van der Waals surface area contributed by atoms with Gasteiger partial charge in [0.05, 0.1) is 5.56 Å². The normalized spacial score (nSPS) is 12.1. The molecule has 0 saturated carbocycles. The van der Waals surface area contributed by atoms with Crippen molar-refractivity contribution in [3.63, 3.8) is 0 Å². The summed E-state index contributed by atoms with van der Waals surface area (Å²) in [6, 6.07) is 6.69. The number of rotatable bonds is 3. The Morgan fingerprint density at radius 1 is 0.917 bits per heavy atom. The Hall–Kier alpha value is -2.22. The molecule has 128 valence electrons. The monoisotopic (exact) mass is 368 g/mol. The topological polar surface area (TPSA) is 26.3 Å². The first kappa shape index (κ1) is 18.1. The van der Waals surface area contributed by atoms with Gasteiger partial charge in [0.15, 0.2) is 0 Å². The Morgan fingerprint density at radius 2 is 1.58 bits per heavy atom. The second-order valence-electron chi connectivity index (χ2n) is 4.65. The van der Waals surface area contributed by atoms with E-state index in [1.807, 2.05) is 0 Å². The van der Waals surface area contributed by atoms with Gasteiger partial charge in [0.1, 0.15) is 5.75 Å². The van der Waals surface area contributed by atoms with E-state index in [0.717, 1.165) is 18.2 Å². The van der Waals surface area contributed by atoms with Gasteiger partial charge in [-0.25, -0.2) is 0 Å². The molecule has 0 saturated heterocycles. The predicted molar refractivity (Wildman–Crippen MR) is 73.7 cm³/mol. The fourth-order valence-corrected chi connectivity index (χ4v) is 2.05. The fourth-order valence-electron chi connectivity index (χ4n) is 1.94. The van der Waals surface area contributed by atoms with Crippen LogP contribution >= 0.6 is 11.6 Å². The van der Waals surface area contributed by atoms with Crippen LogP contribution in [0.4, 0.5) is 26.3 Å². The lowest BCUT2D eigenvalue weighted by Gasteiger charge is -2.13. The lowest BCUT2D eigenvalue weighted by atomic mass is 9.99. The van der Waals surface area contributed by atoms with Crippen molar-refractivity contribution in [2.75, 3.05) is 0 Å². The summed E-state index contributed by atoms with van der Waals surface area (Å²) in [6.07, 6.45) is -9.69. The predicted octanol–water partition coefficient (Wildman–Crippen LogP) is 5.65. The van der Waals surface area contributed by atoms with Gasteiger partial charge in [0, 0.05) is 5.56 Å². The van der Waals surface area contributed by atoms with Crippen molar-refractivity contribution in [2.24, 2.45) is 0 Å². The van der Waals surface area contributed by atoms with Gasteiger partial charge in [-0.2, -0.15) is 13.2 Å². The van der Waals surface area contributed by atoms with Crippen LogP contribution in [-0.4, -0.2) is 11.6 Å². The Balaban J connectivity index is 2.54. The molecule has 0 aliphatic rings. The third-order valence-electron chi connectivity index (χ3n) is 2.89. The molecule has 0 spiro atoms. The quantitative estimate of drug-likeness (QED) is 0.517. The van der Waals surface area contributed by atoms with Crippen molar-refractivity contribution in [3.8, 4) is 16.9 Å². The highest BCUT2D eigenvalue weighted by atomic mass is 35.5. The summed E-state index contributed by atoms with van der Waals surface area (Å²) < 4.78 is 79.1. The van der Waals surface area contributed by atoms with Gasteiger partial charge in [-0.15, -0.1) is 13.2 Å². The van der Waals surface area contributed by atoms with Crippen LogP contribution in [0, 0.1) is 0 Å². The minimum atomic E-state index is -4.94. The molecule has 0 radical (unpaired) electrons. The number of benzene rings is 2. The zero-order chi connectivity index (χ0) is 18.1. The maximum Gasteiger partial charge on any atom is 0.573 e. The minimum absolute atomic E-state index is 0.00187. The van der Waals surface area contributed by atoms with Crippen molar-refractivity contribution >= 4 is 16.8 Å². The second-order valence-corrected chi connectivity index (χ2v) is 4.99. The van der Waals surface area contributed by atoms with Crippen LogP contribution in [0.2, 0.25) is 0 Å². The lowest BCUT2D eigenvalue weighted by molar-refractivity contribution is -0.274. The summed E-state index contributed by atoms with van der Waals surface area (Å²) in [4.78, 5) is 11.2. The van der Waals surface area contributed by atoms with E-state index >= 15 is 0 Å². The molecule has 24 heavy (non-hydrogen) atoms. The molecule has 0 N–H and O–H groups in total. The summed E-state index contributed by atoms with van der Waals surface area (Å²) in [5.41, 5.74) is -1.70. The maximum absolute atomic E-state index is 12.9. The van der Waals surface area contributed by atoms with Crippen LogP contribution in [0.25, 0.3) is 11.1 Å². The van der Waals surface area contributed by atoms with Crippen LogP contribution in [0.5, 0.6) is 5.75 Å². The van der Waals surface area contributed by atoms with Gasteiger partial charge in [-0.3, -0.25) is 4.79 Å². The highest BCUT2D eigenvalue weighted by Gasteiger charge is 2.32. The minimum Gasteiger partial charge on any atom is -0.406 e. The van der Waals surface area contributed by atoms with Crippen molar-refractivity contribution < 1.29 is 35.9 Å². The van der Waals surface area contributed by atoms with Gasteiger partial charge >= 0.3 is 12.5 Å². The summed E-state index contributed by atoms with van der Waals surface area (Å²) >= 11 is 5.22. The van der Waals surface area contributed by atoms with Crippen LogP contribution < -0.4 is 4.74 Å². The highest BCUT2D eigenvalue weighted by Crippen LogP contribution is 2.35. The number of alkyl halides is 6. The van der Waals surface area contributed by atoms with Crippen molar-refractivity contribution in [1.82, 2.24) is 0 Å². The van der Waals surface area contributed by atoms with Gasteiger partial charge in [0.2, 0.25) is 0 Å². The largest absolute Gasteiger partial charge is 0.573 e. The average Bonchev–Trinajstić information content (AvgIpc) is 2.44. The summed E-state index contributed by atoms with van der Waals surface area (Å²) in [5, 5.41) is -1.12. The van der Waals surface area contributed by atoms with Gasteiger partial charge in [-0.05, 0) is 53.1 Å². The van der Waals surface area contributed by atoms with Gasteiger partial charge in [-0.1, -0.05) is 12.1 Å². The molecule has 0 aliphatic carbocycles. The van der Waals surface area contributed by atoms with E-state index in [1.165, 1.54) is 12.1 Å². The number of carbonyl (C=O) groups excluding carboxylic acids is 1. The number of ether oxygens (including phenoxy) is 1. The van der Waals surface area contributed by atoms with E-state index in [9.17, 15) is 31.1 Å². The third kappa shape index (κ3) is 4.64. The smallest absolute Gasteiger partial charge is 0.406 e. The molecule has 0 amide bonds. The Labute approximate surface area is 136 Å². The first-order valence-electron chi connectivity index (χ1n) is 6.24. The molecule has 0 aliphatic heterocycles. The SMILES string of the molecule is O=C(Cl)c1cc(-c2cccc(OC(F)(F)F)c2)cc(C(F)(F)F)c1. The van der Waals surface area contributed by atoms with Gasteiger partial charge in [0.25, 0.3) is 5.24 Å². The molecule has 0 heterocycles. The highest BCUT2D eigenvalue weighted by molar-refractivity contribution is 6.67. The van der Waals surface area contributed by atoms with E-state index in [2.05, 4.69) is 4.74 Å². The molecule has 0 fully saturated rings. The molecule has 0 aromatic heterocycles. The average molecular weight is 369 g/mol. The second kappa shape index (κ2) is 6.35. The molecule has 0 unspecified atom stereocenters. The summed E-state index contributed by atoms with van der Waals surface area (Å²) in [5.74, 6) is -0.601. The van der Waals surface area contributed by atoms with E-state index in [0.29, 0.717) is 12.1 Å². The van der Waals surface area contributed by atoms with Gasteiger partial charge < -0.3 is 4.74 Å². The Kier molecular flexibility index (Phi) is 4.80. The van der Waals surface area contributed by atoms with Crippen molar-refractivity contribution in [3.05, 3.63) is 53.6 Å². The molecule has 2 rings (SSSR count). The van der Waals surface area contributed by atoms with Crippen LogP contribution in [-0.2, 0) is 6.18 Å². The summed E-state index contributed by atoms with van der Waals surface area (Å²) in [7, 11) is 0. The number of halogens is 7. The van der Waals surface area contributed by atoms with E-state index < -0.39 is 34.7 Å². The van der Waals surface area contributed by atoms with Crippen LogP contribution in [0.15, 0.2) is 42.5 Å². The maximum atomic E-state index is 12.9. The first-order chi connectivity index (χ1) is 11.0. The van der Waals surface area contributed by atoms with Crippen LogP contribution in [0.1, 0.15) is 15.9 Å². The molecule has 2 nitrogen and oxygen atoms in total. The molecular formula is C15H7ClF6O2. The molecular weight excluding hydrogens is 362 g/mol. The number of hydrogen-bond acceptors (Lipinski definition) is 2. The van der Waals surface area contributed by atoms with E-state index in [1.54, 1.807) is 0 Å². The third-order valence-corrected chi connectivity index (χ3v) is 3.11. The van der Waals surface area contributed by atoms with Crippen LogP contribution in [0.3, 0.4) is 0 Å². The molecule has 0 bridgehead atoms. The fraction of sp³-hybridized carbons (Fsp3) is 0.133.